The first kappa shape index (κ1) is 21.0. The van der Waals surface area contributed by atoms with Crippen molar-refractivity contribution in [3.05, 3.63) is 89.6 Å². The zero-order chi connectivity index (χ0) is 21.8. The third kappa shape index (κ3) is 5.08. The summed E-state index contributed by atoms with van der Waals surface area (Å²) in [6.45, 7) is 2.02. The highest BCUT2D eigenvalue weighted by Crippen LogP contribution is 2.34. The highest BCUT2D eigenvalue weighted by molar-refractivity contribution is 7.98. The van der Waals surface area contributed by atoms with Crippen LogP contribution in [0.15, 0.2) is 78.0 Å². The predicted octanol–water partition coefficient (Wildman–Crippen LogP) is 6.22. The standard InChI is InChI=1S/C23H17F3N4S/c1-15-5-7-16(8-6-15)14-31-22-20(17-9-11-18(12-10-17)23(24,25)26)29-30-21(28-22)19-4-2-3-13-27-19/h2-13H,14H2,1H3. The van der Waals surface area contributed by atoms with Crippen LogP contribution in [0, 0.1) is 6.92 Å². The van der Waals surface area contributed by atoms with Gasteiger partial charge in [0.05, 0.1) is 5.56 Å². The highest BCUT2D eigenvalue weighted by Gasteiger charge is 2.30. The molecule has 0 saturated heterocycles. The van der Waals surface area contributed by atoms with Crippen LogP contribution in [0.25, 0.3) is 22.8 Å². The van der Waals surface area contributed by atoms with Gasteiger partial charge in [-0.05, 0) is 36.8 Å². The van der Waals surface area contributed by atoms with Crippen LogP contribution >= 0.6 is 11.8 Å². The second kappa shape index (κ2) is 8.85. The molecule has 4 rings (SSSR count). The molecule has 0 radical (unpaired) electrons. The van der Waals surface area contributed by atoms with Crippen LogP contribution in [0.4, 0.5) is 13.2 Å². The van der Waals surface area contributed by atoms with Gasteiger partial charge in [0.2, 0.25) is 5.82 Å². The zero-order valence-corrected chi connectivity index (χ0v) is 17.3. The van der Waals surface area contributed by atoms with E-state index in [-0.39, 0.29) is 0 Å². The Morgan fingerprint density at radius 2 is 1.61 bits per heavy atom. The SMILES string of the molecule is Cc1ccc(CSc2nc(-c3ccccn3)nnc2-c2ccc(C(F)(F)F)cc2)cc1. The number of nitrogens with zero attached hydrogens (tertiary/aromatic N) is 4. The van der Waals surface area contributed by atoms with Gasteiger partial charge < -0.3 is 0 Å². The summed E-state index contributed by atoms with van der Waals surface area (Å²) in [5, 5.41) is 9.03. The molecule has 4 aromatic rings. The van der Waals surface area contributed by atoms with Gasteiger partial charge >= 0.3 is 6.18 Å². The summed E-state index contributed by atoms with van der Waals surface area (Å²) < 4.78 is 38.8. The Bertz CT molecular complexity index is 1160. The molecule has 0 N–H and O–H groups in total. The predicted molar refractivity (Wildman–Crippen MR) is 114 cm³/mol. The topological polar surface area (TPSA) is 51.6 Å². The largest absolute Gasteiger partial charge is 0.416 e. The molecule has 0 aliphatic rings. The molecule has 0 atom stereocenters. The average Bonchev–Trinajstić information content (AvgIpc) is 2.79. The fourth-order valence-corrected chi connectivity index (χ4v) is 3.79. The summed E-state index contributed by atoms with van der Waals surface area (Å²) in [7, 11) is 0. The molecule has 2 aromatic heterocycles. The zero-order valence-electron chi connectivity index (χ0n) is 16.5. The normalized spacial score (nSPS) is 11.5. The molecular weight excluding hydrogens is 421 g/mol. The third-order valence-electron chi connectivity index (χ3n) is 4.53. The summed E-state index contributed by atoms with van der Waals surface area (Å²) in [6, 6.07) is 18.4. The maximum absolute atomic E-state index is 12.9. The van der Waals surface area contributed by atoms with Crippen molar-refractivity contribution in [2.24, 2.45) is 0 Å². The Labute approximate surface area is 181 Å². The van der Waals surface area contributed by atoms with Crippen LogP contribution in [0.1, 0.15) is 16.7 Å². The first-order chi connectivity index (χ1) is 14.9. The fourth-order valence-electron chi connectivity index (χ4n) is 2.85. The van der Waals surface area contributed by atoms with Gasteiger partial charge in [0.25, 0.3) is 0 Å². The molecule has 2 heterocycles. The highest BCUT2D eigenvalue weighted by atomic mass is 32.2. The molecule has 31 heavy (non-hydrogen) atoms. The molecule has 0 aliphatic heterocycles. The Hall–Kier alpha value is -3.26. The van der Waals surface area contributed by atoms with Crippen molar-refractivity contribution < 1.29 is 13.2 Å². The number of benzene rings is 2. The Balaban J connectivity index is 1.70. The lowest BCUT2D eigenvalue weighted by Gasteiger charge is -2.11. The van der Waals surface area contributed by atoms with Crippen molar-refractivity contribution in [3.63, 3.8) is 0 Å². The van der Waals surface area contributed by atoms with Gasteiger partial charge in [-0.15, -0.1) is 10.2 Å². The van der Waals surface area contributed by atoms with Crippen molar-refractivity contribution in [3.8, 4) is 22.8 Å². The summed E-state index contributed by atoms with van der Waals surface area (Å²) in [5.41, 5.74) is 3.09. The van der Waals surface area contributed by atoms with E-state index in [0.717, 1.165) is 17.7 Å². The minimum absolute atomic E-state index is 0.364. The minimum atomic E-state index is -4.39. The van der Waals surface area contributed by atoms with Crippen LogP contribution in [-0.4, -0.2) is 20.2 Å². The Kier molecular flexibility index (Phi) is 5.99. The third-order valence-corrected chi connectivity index (χ3v) is 5.57. The Morgan fingerprint density at radius 1 is 0.871 bits per heavy atom. The number of aryl methyl sites for hydroxylation is 1. The van der Waals surface area contributed by atoms with E-state index in [0.29, 0.717) is 33.6 Å². The number of aromatic nitrogens is 4. The average molecular weight is 438 g/mol. The molecule has 4 nitrogen and oxygen atoms in total. The van der Waals surface area contributed by atoms with E-state index in [1.165, 1.54) is 29.5 Å². The van der Waals surface area contributed by atoms with Crippen molar-refractivity contribution in [2.45, 2.75) is 23.9 Å². The molecule has 0 unspecified atom stereocenters. The smallest absolute Gasteiger partial charge is 0.253 e. The van der Waals surface area contributed by atoms with Gasteiger partial charge in [-0.3, -0.25) is 4.98 Å². The lowest BCUT2D eigenvalue weighted by molar-refractivity contribution is -0.137. The number of rotatable bonds is 5. The van der Waals surface area contributed by atoms with Crippen molar-refractivity contribution in [1.29, 1.82) is 0 Å². The monoisotopic (exact) mass is 438 g/mol. The number of thioether (sulfide) groups is 1. The summed E-state index contributed by atoms with van der Waals surface area (Å²) in [4.78, 5) is 8.89. The molecule has 0 aliphatic carbocycles. The van der Waals surface area contributed by atoms with Crippen LogP contribution in [0.2, 0.25) is 0 Å². The van der Waals surface area contributed by atoms with Crippen LogP contribution in [0.3, 0.4) is 0 Å². The van der Waals surface area contributed by atoms with Gasteiger partial charge in [-0.2, -0.15) is 13.2 Å². The quantitative estimate of drug-likeness (QED) is 0.346. The van der Waals surface area contributed by atoms with Crippen LogP contribution in [0.5, 0.6) is 0 Å². The van der Waals surface area contributed by atoms with E-state index in [4.69, 9.17) is 0 Å². The van der Waals surface area contributed by atoms with Gasteiger partial charge in [0.1, 0.15) is 16.4 Å². The molecule has 0 bridgehead atoms. The molecule has 8 heteroatoms. The molecule has 0 fully saturated rings. The summed E-state index contributed by atoms with van der Waals surface area (Å²) in [5.74, 6) is 0.997. The first-order valence-electron chi connectivity index (χ1n) is 9.42. The molecular formula is C23H17F3N4S. The summed E-state index contributed by atoms with van der Waals surface area (Å²) >= 11 is 1.46. The molecule has 0 spiro atoms. The lowest BCUT2D eigenvalue weighted by Crippen LogP contribution is -2.05. The van der Waals surface area contributed by atoms with Crippen LogP contribution in [-0.2, 0) is 11.9 Å². The van der Waals surface area contributed by atoms with E-state index < -0.39 is 11.7 Å². The first-order valence-corrected chi connectivity index (χ1v) is 10.4. The fraction of sp³-hybridized carbons (Fsp3) is 0.130. The second-order valence-corrected chi connectivity index (χ2v) is 7.82. The molecule has 2 aromatic carbocycles. The number of hydrogen-bond acceptors (Lipinski definition) is 5. The van der Waals surface area contributed by atoms with E-state index in [1.807, 2.05) is 37.3 Å². The van der Waals surface area contributed by atoms with Crippen molar-refractivity contribution in [1.82, 2.24) is 20.2 Å². The number of pyridine rings is 1. The van der Waals surface area contributed by atoms with Crippen molar-refractivity contribution >= 4 is 11.8 Å². The maximum Gasteiger partial charge on any atom is 0.416 e. The summed E-state index contributed by atoms with van der Waals surface area (Å²) in [6.07, 6.45) is -2.75. The van der Waals surface area contributed by atoms with E-state index >= 15 is 0 Å². The van der Waals surface area contributed by atoms with Crippen LogP contribution < -0.4 is 0 Å². The number of hydrogen-bond donors (Lipinski definition) is 0. The molecule has 156 valence electrons. The van der Waals surface area contributed by atoms with Gasteiger partial charge in [-0.1, -0.05) is 59.8 Å². The minimum Gasteiger partial charge on any atom is -0.253 e. The van der Waals surface area contributed by atoms with Gasteiger partial charge in [0, 0.05) is 17.5 Å². The maximum atomic E-state index is 12.9. The van der Waals surface area contributed by atoms with E-state index in [9.17, 15) is 13.2 Å². The van der Waals surface area contributed by atoms with Gasteiger partial charge in [-0.25, -0.2) is 4.98 Å². The van der Waals surface area contributed by atoms with E-state index in [2.05, 4.69) is 20.2 Å². The second-order valence-electron chi connectivity index (χ2n) is 6.85. The van der Waals surface area contributed by atoms with Crippen molar-refractivity contribution in [2.75, 3.05) is 0 Å². The van der Waals surface area contributed by atoms with Gasteiger partial charge in [0.15, 0.2) is 0 Å². The number of alkyl halides is 3. The number of halogens is 3. The Morgan fingerprint density at radius 3 is 2.26 bits per heavy atom. The molecule has 0 saturated carbocycles. The molecule has 0 amide bonds. The lowest BCUT2D eigenvalue weighted by atomic mass is 10.1. The van der Waals surface area contributed by atoms with E-state index in [1.54, 1.807) is 18.3 Å².